The summed E-state index contributed by atoms with van der Waals surface area (Å²) >= 11 is 0. The van der Waals surface area contributed by atoms with Crippen LogP contribution in [0.3, 0.4) is 0 Å². The summed E-state index contributed by atoms with van der Waals surface area (Å²) < 4.78 is 0. The first-order valence-electron chi connectivity index (χ1n) is 6.88. The lowest BCUT2D eigenvalue weighted by Gasteiger charge is -2.13. The predicted octanol–water partition coefficient (Wildman–Crippen LogP) is 3.24. The van der Waals surface area contributed by atoms with Crippen LogP contribution in [-0.2, 0) is 5.60 Å². The number of hydrogen-bond donors (Lipinski definition) is 1. The standard InChI is InChI=1S/C16H17NO/c18-16(12-7-1-2-8-13(12)16)14-9-3-5-11-6-4-10-17-15(11)14/h3-6,9-10,12-13,18H,1-2,7-8H2. The second-order valence-corrected chi connectivity index (χ2v) is 5.70. The summed E-state index contributed by atoms with van der Waals surface area (Å²) in [7, 11) is 0. The normalized spacial score (nSPS) is 34.3. The van der Waals surface area contributed by atoms with Gasteiger partial charge in [-0.2, -0.15) is 0 Å². The molecular weight excluding hydrogens is 222 g/mol. The van der Waals surface area contributed by atoms with Crippen molar-refractivity contribution in [2.45, 2.75) is 31.3 Å². The van der Waals surface area contributed by atoms with E-state index in [1.54, 1.807) is 0 Å². The summed E-state index contributed by atoms with van der Waals surface area (Å²) in [5, 5.41) is 12.1. The highest BCUT2D eigenvalue weighted by molar-refractivity contribution is 5.83. The minimum absolute atomic E-state index is 0.471. The molecule has 2 heteroatoms. The first-order chi connectivity index (χ1) is 8.82. The first kappa shape index (κ1) is 10.5. The van der Waals surface area contributed by atoms with Gasteiger partial charge in [0.05, 0.1) is 11.1 Å². The highest BCUT2D eigenvalue weighted by Crippen LogP contribution is 2.65. The molecule has 0 aliphatic heterocycles. The number of aliphatic hydroxyl groups is 1. The number of para-hydroxylation sites is 1. The maximum absolute atomic E-state index is 11.0. The van der Waals surface area contributed by atoms with E-state index in [0.29, 0.717) is 11.8 Å². The lowest BCUT2D eigenvalue weighted by Crippen LogP contribution is -2.11. The minimum atomic E-state index is -0.593. The molecule has 1 aromatic carbocycles. The van der Waals surface area contributed by atoms with Crippen LogP contribution in [0.15, 0.2) is 36.5 Å². The monoisotopic (exact) mass is 239 g/mol. The Morgan fingerprint density at radius 2 is 1.78 bits per heavy atom. The Morgan fingerprint density at radius 3 is 2.56 bits per heavy atom. The van der Waals surface area contributed by atoms with E-state index in [1.807, 2.05) is 18.3 Å². The molecule has 1 heterocycles. The SMILES string of the molecule is OC1(c2cccc3cccnc23)C2CCCCC21. The summed E-state index contributed by atoms with van der Waals surface area (Å²) in [5.41, 5.74) is 1.44. The van der Waals surface area contributed by atoms with E-state index < -0.39 is 5.60 Å². The van der Waals surface area contributed by atoms with Crippen molar-refractivity contribution in [2.75, 3.05) is 0 Å². The Kier molecular flexibility index (Phi) is 2.07. The Balaban J connectivity index is 1.88. The molecule has 2 nitrogen and oxygen atoms in total. The zero-order valence-electron chi connectivity index (χ0n) is 10.3. The van der Waals surface area contributed by atoms with Crippen LogP contribution in [0.2, 0.25) is 0 Å². The van der Waals surface area contributed by atoms with Crippen molar-refractivity contribution in [1.29, 1.82) is 0 Å². The fourth-order valence-electron chi connectivity index (χ4n) is 3.92. The lowest BCUT2D eigenvalue weighted by atomic mass is 10.00. The van der Waals surface area contributed by atoms with Gasteiger partial charge in [-0.25, -0.2) is 0 Å². The molecule has 0 amide bonds. The molecule has 2 fully saturated rings. The van der Waals surface area contributed by atoms with E-state index in [0.717, 1.165) is 16.5 Å². The largest absolute Gasteiger partial charge is 0.384 e. The van der Waals surface area contributed by atoms with Gasteiger partial charge in [0.2, 0.25) is 0 Å². The highest BCUT2D eigenvalue weighted by atomic mass is 16.3. The van der Waals surface area contributed by atoms with Gasteiger partial charge < -0.3 is 5.11 Å². The molecule has 2 atom stereocenters. The molecule has 0 bridgehead atoms. The average molecular weight is 239 g/mol. The molecule has 2 aliphatic carbocycles. The summed E-state index contributed by atoms with van der Waals surface area (Å²) in [6.07, 6.45) is 6.69. The number of fused-ring (bicyclic) bond motifs is 2. The fraction of sp³-hybridized carbons (Fsp3) is 0.438. The van der Waals surface area contributed by atoms with Crippen LogP contribution in [0.4, 0.5) is 0 Å². The molecular formula is C16H17NO. The van der Waals surface area contributed by atoms with Gasteiger partial charge in [0.1, 0.15) is 0 Å². The maximum Gasteiger partial charge on any atom is 0.0981 e. The topological polar surface area (TPSA) is 33.1 Å². The minimum Gasteiger partial charge on any atom is -0.384 e. The summed E-state index contributed by atoms with van der Waals surface area (Å²) in [4.78, 5) is 4.49. The second-order valence-electron chi connectivity index (χ2n) is 5.70. The van der Waals surface area contributed by atoms with Crippen molar-refractivity contribution in [2.24, 2.45) is 11.8 Å². The zero-order chi connectivity index (χ0) is 12.2. The van der Waals surface area contributed by atoms with Crippen LogP contribution < -0.4 is 0 Å². The molecule has 0 radical (unpaired) electrons. The molecule has 0 spiro atoms. The molecule has 18 heavy (non-hydrogen) atoms. The van der Waals surface area contributed by atoms with Crippen molar-refractivity contribution in [3.05, 3.63) is 42.1 Å². The number of pyridine rings is 1. The van der Waals surface area contributed by atoms with Crippen LogP contribution >= 0.6 is 0 Å². The van der Waals surface area contributed by atoms with Crippen molar-refractivity contribution in [1.82, 2.24) is 4.98 Å². The summed E-state index contributed by atoms with van der Waals surface area (Å²) in [5.74, 6) is 0.942. The van der Waals surface area contributed by atoms with E-state index in [1.165, 1.54) is 25.7 Å². The Labute approximate surface area is 107 Å². The smallest absolute Gasteiger partial charge is 0.0981 e. The van der Waals surface area contributed by atoms with Gasteiger partial charge in [0, 0.05) is 17.1 Å². The lowest BCUT2D eigenvalue weighted by molar-refractivity contribution is 0.119. The molecule has 2 aliphatic rings. The Bertz CT molecular complexity index is 590. The van der Waals surface area contributed by atoms with Crippen molar-refractivity contribution in [3.8, 4) is 0 Å². The van der Waals surface area contributed by atoms with Gasteiger partial charge in [0.25, 0.3) is 0 Å². The number of hydrogen-bond acceptors (Lipinski definition) is 2. The van der Waals surface area contributed by atoms with Crippen LogP contribution in [0.1, 0.15) is 31.2 Å². The van der Waals surface area contributed by atoms with E-state index in [9.17, 15) is 5.11 Å². The molecule has 1 aromatic heterocycles. The fourth-order valence-corrected chi connectivity index (χ4v) is 3.92. The van der Waals surface area contributed by atoms with Crippen molar-refractivity contribution >= 4 is 10.9 Å². The third-order valence-electron chi connectivity index (χ3n) is 4.85. The van der Waals surface area contributed by atoms with Gasteiger partial charge >= 0.3 is 0 Å². The van der Waals surface area contributed by atoms with Gasteiger partial charge in [-0.15, -0.1) is 0 Å². The number of benzene rings is 1. The van der Waals surface area contributed by atoms with E-state index in [2.05, 4.69) is 23.2 Å². The van der Waals surface area contributed by atoms with Crippen molar-refractivity contribution in [3.63, 3.8) is 0 Å². The van der Waals surface area contributed by atoms with Crippen LogP contribution in [0.25, 0.3) is 10.9 Å². The van der Waals surface area contributed by atoms with Gasteiger partial charge in [-0.3, -0.25) is 4.98 Å². The molecule has 2 unspecified atom stereocenters. The maximum atomic E-state index is 11.0. The number of rotatable bonds is 1. The number of nitrogens with zero attached hydrogens (tertiary/aromatic N) is 1. The Hall–Kier alpha value is -1.41. The third-order valence-corrected chi connectivity index (χ3v) is 4.85. The molecule has 92 valence electrons. The zero-order valence-corrected chi connectivity index (χ0v) is 10.3. The van der Waals surface area contributed by atoms with E-state index >= 15 is 0 Å². The average Bonchev–Trinajstić information content (AvgIpc) is 3.06. The van der Waals surface area contributed by atoms with E-state index in [-0.39, 0.29) is 0 Å². The number of aromatic nitrogens is 1. The molecule has 1 N–H and O–H groups in total. The van der Waals surface area contributed by atoms with Crippen LogP contribution in [0, 0.1) is 11.8 Å². The third kappa shape index (κ3) is 1.24. The van der Waals surface area contributed by atoms with Gasteiger partial charge in [-0.1, -0.05) is 37.1 Å². The van der Waals surface area contributed by atoms with Gasteiger partial charge in [0.15, 0.2) is 0 Å². The molecule has 0 saturated heterocycles. The highest BCUT2D eigenvalue weighted by Gasteiger charge is 2.65. The molecule has 2 saturated carbocycles. The van der Waals surface area contributed by atoms with E-state index in [4.69, 9.17) is 0 Å². The predicted molar refractivity (Wildman–Crippen MR) is 71.1 cm³/mol. The van der Waals surface area contributed by atoms with Crippen LogP contribution in [-0.4, -0.2) is 10.1 Å². The molecule has 2 aromatic rings. The Morgan fingerprint density at radius 1 is 1.06 bits per heavy atom. The first-order valence-corrected chi connectivity index (χ1v) is 6.88. The van der Waals surface area contributed by atoms with Gasteiger partial charge in [-0.05, 0) is 30.7 Å². The summed E-state index contributed by atoms with van der Waals surface area (Å²) in [6.45, 7) is 0. The quantitative estimate of drug-likeness (QED) is 0.828. The van der Waals surface area contributed by atoms with Crippen LogP contribution in [0.5, 0.6) is 0 Å². The summed E-state index contributed by atoms with van der Waals surface area (Å²) in [6, 6.07) is 10.2. The second kappa shape index (κ2) is 3.55. The van der Waals surface area contributed by atoms with Crippen molar-refractivity contribution < 1.29 is 5.11 Å². The molecule has 4 rings (SSSR count).